The highest BCUT2D eigenvalue weighted by Crippen LogP contribution is 2.32. The first kappa shape index (κ1) is 14.7. The second kappa shape index (κ2) is 5.35. The highest BCUT2D eigenvalue weighted by atomic mass is 16.1. The van der Waals surface area contributed by atoms with E-state index < -0.39 is 0 Å². The molecule has 1 atom stereocenters. The second-order valence-electron chi connectivity index (χ2n) is 5.56. The van der Waals surface area contributed by atoms with E-state index in [0.717, 1.165) is 24.0 Å². The van der Waals surface area contributed by atoms with Gasteiger partial charge in [-0.05, 0) is 30.0 Å². The Bertz CT molecular complexity index is 681. The maximum absolute atomic E-state index is 12.0. The van der Waals surface area contributed by atoms with E-state index in [9.17, 15) is 4.79 Å². The molecule has 1 unspecified atom stereocenters. The van der Waals surface area contributed by atoms with E-state index in [2.05, 4.69) is 31.0 Å². The van der Waals surface area contributed by atoms with Gasteiger partial charge in [-0.3, -0.25) is 9.13 Å². The smallest absolute Gasteiger partial charge is 0.328 e. The molecule has 3 rings (SSSR count). The molecule has 0 radical (unpaired) electrons. The van der Waals surface area contributed by atoms with E-state index in [4.69, 9.17) is 0 Å². The molecule has 4 heteroatoms. The third kappa shape index (κ3) is 2.13. The number of imidazole rings is 1. The van der Waals surface area contributed by atoms with Crippen molar-refractivity contribution in [3.8, 4) is 0 Å². The van der Waals surface area contributed by atoms with Crippen molar-refractivity contribution < 1.29 is 0 Å². The van der Waals surface area contributed by atoms with Crippen LogP contribution in [0.25, 0.3) is 11.0 Å². The lowest BCUT2D eigenvalue weighted by Crippen LogP contribution is -2.30. The standard InChI is InChI=1S/C14H19N3O.C2H6/c1-9-5-10-6-12-13(7-11(10)15(2)8-9)17(4)14(18)16(12)3;1-2/h6-7,9H,5,8H2,1-4H3;1-2H3. The van der Waals surface area contributed by atoms with Crippen LogP contribution in [0.1, 0.15) is 26.3 Å². The van der Waals surface area contributed by atoms with Crippen LogP contribution in [0.5, 0.6) is 0 Å². The second-order valence-corrected chi connectivity index (χ2v) is 5.56. The van der Waals surface area contributed by atoms with Gasteiger partial charge >= 0.3 is 5.69 Å². The van der Waals surface area contributed by atoms with E-state index in [-0.39, 0.29) is 5.69 Å². The van der Waals surface area contributed by atoms with Gasteiger partial charge in [-0.25, -0.2) is 4.79 Å². The number of anilines is 1. The first-order valence-electron chi connectivity index (χ1n) is 7.38. The SMILES string of the molecule is CC.CC1Cc2cc3c(cc2N(C)C1)n(C)c(=O)n3C. The zero-order valence-electron chi connectivity index (χ0n) is 13.4. The molecule has 0 saturated carbocycles. The van der Waals surface area contributed by atoms with Crippen molar-refractivity contribution in [3.05, 3.63) is 28.2 Å². The average Bonchev–Trinajstić information content (AvgIpc) is 2.64. The Morgan fingerprint density at radius 2 is 1.60 bits per heavy atom. The predicted octanol–water partition coefficient (Wildman–Crippen LogP) is 2.53. The fourth-order valence-corrected chi connectivity index (χ4v) is 3.10. The van der Waals surface area contributed by atoms with Gasteiger partial charge in [-0.1, -0.05) is 20.8 Å². The summed E-state index contributed by atoms with van der Waals surface area (Å²) in [5.74, 6) is 0.667. The number of hydrogen-bond acceptors (Lipinski definition) is 2. The van der Waals surface area contributed by atoms with Crippen LogP contribution >= 0.6 is 0 Å². The highest BCUT2D eigenvalue weighted by molar-refractivity contribution is 5.83. The summed E-state index contributed by atoms with van der Waals surface area (Å²) in [5.41, 5.74) is 4.71. The topological polar surface area (TPSA) is 30.2 Å². The van der Waals surface area contributed by atoms with E-state index in [0.29, 0.717) is 5.92 Å². The Morgan fingerprint density at radius 3 is 2.20 bits per heavy atom. The van der Waals surface area contributed by atoms with Gasteiger partial charge in [0.25, 0.3) is 0 Å². The summed E-state index contributed by atoms with van der Waals surface area (Å²) in [4.78, 5) is 14.3. The first-order chi connectivity index (χ1) is 9.49. The molecule has 0 bridgehead atoms. The van der Waals surface area contributed by atoms with Crippen LogP contribution in [-0.4, -0.2) is 22.7 Å². The fraction of sp³-hybridized carbons (Fsp3) is 0.562. The van der Waals surface area contributed by atoms with Crippen LogP contribution in [0, 0.1) is 5.92 Å². The number of benzene rings is 1. The number of fused-ring (bicyclic) bond motifs is 2. The number of aryl methyl sites for hydroxylation is 2. The van der Waals surface area contributed by atoms with E-state index in [1.165, 1.54) is 11.3 Å². The Labute approximate surface area is 120 Å². The van der Waals surface area contributed by atoms with Crippen LogP contribution in [0.15, 0.2) is 16.9 Å². The Hall–Kier alpha value is -1.71. The molecule has 0 N–H and O–H groups in total. The average molecular weight is 275 g/mol. The van der Waals surface area contributed by atoms with Crippen molar-refractivity contribution in [1.82, 2.24) is 9.13 Å². The molecule has 4 nitrogen and oxygen atoms in total. The predicted molar refractivity (Wildman–Crippen MR) is 85.6 cm³/mol. The lowest BCUT2D eigenvalue weighted by atomic mass is 9.94. The summed E-state index contributed by atoms with van der Waals surface area (Å²) in [7, 11) is 5.80. The molecule has 0 amide bonds. The number of aromatic nitrogens is 2. The first-order valence-corrected chi connectivity index (χ1v) is 7.38. The minimum atomic E-state index is 0.0445. The maximum atomic E-state index is 12.0. The van der Waals surface area contributed by atoms with Crippen molar-refractivity contribution >= 4 is 16.7 Å². The minimum absolute atomic E-state index is 0.0445. The summed E-state index contributed by atoms with van der Waals surface area (Å²) in [5, 5.41) is 0. The Kier molecular flexibility index (Phi) is 3.93. The van der Waals surface area contributed by atoms with Crippen LogP contribution in [-0.2, 0) is 20.5 Å². The molecule has 1 aliphatic heterocycles. The lowest BCUT2D eigenvalue weighted by Gasteiger charge is -2.31. The van der Waals surface area contributed by atoms with E-state index >= 15 is 0 Å². The largest absolute Gasteiger partial charge is 0.374 e. The van der Waals surface area contributed by atoms with Gasteiger partial charge in [0.2, 0.25) is 0 Å². The summed E-state index contributed by atoms with van der Waals surface area (Å²) in [6.45, 7) is 7.35. The van der Waals surface area contributed by atoms with E-state index in [1.54, 1.807) is 9.13 Å². The number of nitrogens with zero attached hydrogens (tertiary/aromatic N) is 3. The molecule has 1 aliphatic rings. The molecular formula is C16H25N3O. The molecule has 0 fully saturated rings. The van der Waals surface area contributed by atoms with Crippen molar-refractivity contribution in [3.63, 3.8) is 0 Å². The molecule has 110 valence electrons. The molecule has 20 heavy (non-hydrogen) atoms. The normalized spacial score (nSPS) is 17.7. The highest BCUT2D eigenvalue weighted by Gasteiger charge is 2.21. The summed E-state index contributed by atoms with van der Waals surface area (Å²) in [6.07, 6.45) is 1.10. The third-order valence-corrected chi connectivity index (χ3v) is 4.04. The van der Waals surface area contributed by atoms with Crippen molar-refractivity contribution in [2.45, 2.75) is 27.2 Å². The van der Waals surface area contributed by atoms with Crippen LogP contribution in [0.4, 0.5) is 5.69 Å². The maximum Gasteiger partial charge on any atom is 0.328 e. The van der Waals surface area contributed by atoms with Crippen LogP contribution in [0.2, 0.25) is 0 Å². The zero-order valence-corrected chi connectivity index (χ0v) is 13.4. The molecule has 2 aromatic rings. The Morgan fingerprint density at radius 1 is 1.05 bits per heavy atom. The molecule has 0 aliphatic carbocycles. The number of hydrogen-bond donors (Lipinski definition) is 0. The van der Waals surface area contributed by atoms with Crippen molar-refractivity contribution in [2.75, 3.05) is 18.5 Å². The number of rotatable bonds is 0. The van der Waals surface area contributed by atoms with Crippen molar-refractivity contribution in [1.29, 1.82) is 0 Å². The quantitative estimate of drug-likeness (QED) is 0.739. The lowest BCUT2D eigenvalue weighted by molar-refractivity contribution is 0.552. The molecule has 0 saturated heterocycles. The van der Waals surface area contributed by atoms with Crippen molar-refractivity contribution in [2.24, 2.45) is 20.0 Å². The van der Waals surface area contributed by atoms with Gasteiger partial charge in [0.1, 0.15) is 0 Å². The van der Waals surface area contributed by atoms with Gasteiger partial charge in [0.05, 0.1) is 11.0 Å². The Balaban J connectivity index is 0.000000704. The van der Waals surface area contributed by atoms with Gasteiger partial charge in [-0.15, -0.1) is 0 Å². The minimum Gasteiger partial charge on any atom is -0.374 e. The molecule has 1 aromatic heterocycles. The molecule has 1 aromatic carbocycles. The van der Waals surface area contributed by atoms with Crippen LogP contribution < -0.4 is 10.6 Å². The van der Waals surface area contributed by atoms with E-state index in [1.807, 2.05) is 27.9 Å². The van der Waals surface area contributed by atoms with Gasteiger partial charge in [0, 0.05) is 33.4 Å². The molecule has 0 spiro atoms. The third-order valence-electron chi connectivity index (χ3n) is 4.04. The van der Waals surface area contributed by atoms with Gasteiger partial charge < -0.3 is 4.90 Å². The summed E-state index contributed by atoms with van der Waals surface area (Å²) in [6, 6.07) is 4.33. The monoisotopic (exact) mass is 275 g/mol. The van der Waals surface area contributed by atoms with Crippen LogP contribution in [0.3, 0.4) is 0 Å². The fourth-order valence-electron chi connectivity index (χ4n) is 3.10. The molecular weight excluding hydrogens is 250 g/mol. The zero-order chi connectivity index (χ0) is 15.0. The summed E-state index contributed by atoms with van der Waals surface area (Å²) < 4.78 is 3.45. The van der Waals surface area contributed by atoms with Gasteiger partial charge in [-0.2, -0.15) is 0 Å². The molecule has 2 heterocycles. The summed E-state index contributed by atoms with van der Waals surface area (Å²) >= 11 is 0. The van der Waals surface area contributed by atoms with Gasteiger partial charge in [0.15, 0.2) is 0 Å².